The van der Waals surface area contributed by atoms with Crippen molar-refractivity contribution >= 4 is 12.0 Å². The third-order valence-corrected chi connectivity index (χ3v) is 1.95. The van der Waals surface area contributed by atoms with Crippen molar-refractivity contribution < 1.29 is 9.90 Å². The van der Waals surface area contributed by atoms with Gasteiger partial charge in [-0.25, -0.2) is 9.78 Å². The van der Waals surface area contributed by atoms with Crippen molar-refractivity contribution in [1.29, 1.82) is 0 Å². The van der Waals surface area contributed by atoms with Gasteiger partial charge in [-0.2, -0.15) is 0 Å². The van der Waals surface area contributed by atoms with Crippen LogP contribution >= 0.6 is 0 Å². The molecule has 0 bridgehead atoms. The predicted molar refractivity (Wildman–Crippen MR) is 53.9 cm³/mol. The van der Waals surface area contributed by atoms with E-state index >= 15 is 0 Å². The van der Waals surface area contributed by atoms with Crippen LogP contribution in [0.4, 0.5) is 0 Å². The minimum absolute atomic E-state index is 0.283. The molecule has 1 heterocycles. The van der Waals surface area contributed by atoms with E-state index in [9.17, 15) is 4.79 Å². The lowest BCUT2D eigenvalue weighted by atomic mass is 10.2. The van der Waals surface area contributed by atoms with Crippen LogP contribution in [-0.4, -0.2) is 20.6 Å². The minimum Gasteiger partial charge on any atom is -0.478 e. The molecule has 0 amide bonds. The Labute approximate surface area is 82.9 Å². The molecular weight excluding hydrogens is 180 g/mol. The highest BCUT2D eigenvalue weighted by Gasteiger charge is 2.05. The average Bonchev–Trinajstić information content (AvgIpc) is 2.52. The average molecular weight is 194 g/mol. The van der Waals surface area contributed by atoms with Crippen molar-refractivity contribution in [1.82, 2.24) is 9.55 Å². The molecule has 0 atom stereocenters. The zero-order chi connectivity index (χ0) is 10.7. The summed E-state index contributed by atoms with van der Waals surface area (Å²) in [6.07, 6.45) is 4.98. The zero-order valence-corrected chi connectivity index (χ0v) is 8.56. The molecule has 0 unspecified atom stereocenters. The lowest BCUT2D eigenvalue weighted by Gasteiger charge is -2.08. The van der Waals surface area contributed by atoms with E-state index in [1.165, 1.54) is 0 Å². The quantitative estimate of drug-likeness (QED) is 0.748. The first kappa shape index (κ1) is 10.5. The van der Waals surface area contributed by atoms with Gasteiger partial charge in [-0.1, -0.05) is 0 Å². The van der Waals surface area contributed by atoms with Crippen LogP contribution in [0.3, 0.4) is 0 Å². The smallest absolute Gasteiger partial charge is 0.331 e. The van der Waals surface area contributed by atoms with Gasteiger partial charge < -0.3 is 9.67 Å². The Bertz CT molecular complexity index is 364. The molecule has 14 heavy (non-hydrogen) atoms. The molecule has 0 saturated carbocycles. The molecular formula is C10H14N2O2. The Morgan fingerprint density at radius 3 is 2.79 bits per heavy atom. The summed E-state index contributed by atoms with van der Waals surface area (Å²) in [4.78, 5) is 14.6. The number of carbonyl (C=O) groups is 1. The summed E-state index contributed by atoms with van der Waals surface area (Å²) in [6.45, 7) is 5.62. The van der Waals surface area contributed by atoms with Gasteiger partial charge in [-0.05, 0) is 26.8 Å². The Balaban J connectivity index is 3.02. The number of aromatic nitrogens is 2. The van der Waals surface area contributed by atoms with E-state index in [1.807, 2.05) is 18.4 Å². The summed E-state index contributed by atoms with van der Waals surface area (Å²) in [5, 5.41) is 8.71. The highest BCUT2D eigenvalue weighted by atomic mass is 16.4. The van der Waals surface area contributed by atoms with Gasteiger partial charge in [0.05, 0.1) is 18.2 Å². The number of nitrogens with zero attached hydrogens (tertiary/aromatic N) is 2. The molecule has 0 aliphatic rings. The van der Waals surface area contributed by atoms with Crippen LogP contribution < -0.4 is 0 Å². The normalized spacial score (nSPS) is 12.1. The van der Waals surface area contributed by atoms with Crippen molar-refractivity contribution in [3.8, 4) is 0 Å². The van der Waals surface area contributed by atoms with E-state index in [2.05, 4.69) is 4.98 Å². The van der Waals surface area contributed by atoms with E-state index in [0.717, 1.165) is 5.69 Å². The summed E-state index contributed by atoms with van der Waals surface area (Å²) in [7, 11) is 0. The molecule has 76 valence electrons. The second-order valence-corrected chi connectivity index (χ2v) is 3.45. The third kappa shape index (κ3) is 2.22. The van der Waals surface area contributed by atoms with E-state index in [1.54, 1.807) is 25.5 Å². The van der Waals surface area contributed by atoms with E-state index in [0.29, 0.717) is 5.57 Å². The second-order valence-electron chi connectivity index (χ2n) is 3.45. The van der Waals surface area contributed by atoms with Crippen molar-refractivity contribution in [2.24, 2.45) is 0 Å². The van der Waals surface area contributed by atoms with Gasteiger partial charge in [0.25, 0.3) is 0 Å². The Hall–Kier alpha value is -1.58. The summed E-state index contributed by atoms with van der Waals surface area (Å²) >= 11 is 0. The fourth-order valence-corrected chi connectivity index (χ4v) is 1.14. The highest BCUT2D eigenvalue weighted by molar-refractivity contribution is 5.91. The molecule has 0 aromatic carbocycles. The van der Waals surface area contributed by atoms with Gasteiger partial charge in [0.15, 0.2) is 0 Å². The molecule has 1 aromatic heterocycles. The Morgan fingerprint density at radius 1 is 1.64 bits per heavy atom. The predicted octanol–water partition coefficient (Wildman–Crippen LogP) is 1.95. The summed E-state index contributed by atoms with van der Waals surface area (Å²) in [5.41, 5.74) is 1.13. The number of hydrogen-bond acceptors (Lipinski definition) is 2. The number of imidazole rings is 1. The van der Waals surface area contributed by atoms with Crippen molar-refractivity contribution in [2.45, 2.75) is 26.8 Å². The number of carboxylic acids is 1. The first-order chi connectivity index (χ1) is 6.52. The topological polar surface area (TPSA) is 55.1 Å². The van der Waals surface area contributed by atoms with Crippen LogP contribution in [0.2, 0.25) is 0 Å². The van der Waals surface area contributed by atoms with Gasteiger partial charge in [0.1, 0.15) is 0 Å². The minimum atomic E-state index is -0.901. The standard InChI is InChI=1S/C10H14N2O2/c1-7(2)12-6-11-5-9(12)4-8(3)10(13)14/h4-7H,1-3H3,(H,13,14). The first-order valence-electron chi connectivity index (χ1n) is 4.45. The largest absolute Gasteiger partial charge is 0.478 e. The molecule has 0 radical (unpaired) electrons. The molecule has 1 rings (SSSR count). The first-order valence-corrected chi connectivity index (χ1v) is 4.45. The fraction of sp³-hybridized carbons (Fsp3) is 0.400. The molecule has 1 N–H and O–H groups in total. The molecule has 4 heteroatoms. The van der Waals surface area contributed by atoms with Gasteiger partial charge in [0, 0.05) is 11.6 Å². The molecule has 0 aliphatic carbocycles. The second kappa shape index (κ2) is 4.09. The van der Waals surface area contributed by atoms with E-state index in [-0.39, 0.29) is 6.04 Å². The van der Waals surface area contributed by atoms with Crippen LogP contribution in [-0.2, 0) is 4.79 Å². The summed E-state index contributed by atoms with van der Waals surface area (Å²) < 4.78 is 1.92. The number of hydrogen-bond donors (Lipinski definition) is 1. The summed E-state index contributed by atoms with van der Waals surface area (Å²) in [5.74, 6) is -0.901. The van der Waals surface area contributed by atoms with Crippen LogP contribution in [0, 0.1) is 0 Å². The zero-order valence-electron chi connectivity index (χ0n) is 8.56. The molecule has 0 saturated heterocycles. The van der Waals surface area contributed by atoms with Crippen LogP contribution in [0.25, 0.3) is 6.08 Å². The maximum atomic E-state index is 10.6. The van der Waals surface area contributed by atoms with Crippen LogP contribution in [0.5, 0.6) is 0 Å². The maximum Gasteiger partial charge on any atom is 0.331 e. The fourth-order valence-electron chi connectivity index (χ4n) is 1.14. The van der Waals surface area contributed by atoms with Crippen molar-refractivity contribution in [3.63, 3.8) is 0 Å². The lowest BCUT2D eigenvalue weighted by Crippen LogP contribution is -2.02. The van der Waals surface area contributed by atoms with Crippen LogP contribution in [0.1, 0.15) is 32.5 Å². The Morgan fingerprint density at radius 2 is 2.29 bits per heavy atom. The van der Waals surface area contributed by atoms with Crippen molar-refractivity contribution in [2.75, 3.05) is 0 Å². The number of rotatable bonds is 3. The van der Waals surface area contributed by atoms with E-state index < -0.39 is 5.97 Å². The van der Waals surface area contributed by atoms with Gasteiger partial charge >= 0.3 is 5.97 Å². The number of aliphatic carboxylic acids is 1. The third-order valence-electron chi connectivity index (χ3n) is 1.95. The summed E-state index contributed by atoms with van der Waals surface area (Å²) in [6, 6.07) is 0.283. The van der Waals surface area contributed by atoms with Crippen LogP contribution in [0.15, 0.2) is 18.1 Å². The molecule has 1 aromatic rings. The maximum absolute atomic E-state index is 10.6. The Kier molecular flexibility index (Phi) is 3.06. The molecule has 4 nitrogen and oxygen atoms in total. The van der Waals surface area contributed by atoms with E-state index in [4.69, 9.17) is 5.11 Å². The number of carboxylic acid groups (broad SMARTS) is 1. The SMILES string of the molecule is CC(=Cc1cncn1C(C)C)C(=O)O. The molecule has 0 aliphatic heterocycles. The molecule has 0 spiro atoms. The van der Waals surface area contributed by atoms with Gasteiger partial charge in [-0.3, -0.25) is 0 Å². The van der Waals surface area contributed by atoms with Crippen molar-refractivity contribution in [3.05, 3.63) is 23.8 Å². The highest BCUT2D eigenvalue weighted by Crippen LogP contribution is 2.12. The monoisotopic (exact) mass is 194 g/mol. The van der Waals surface area contributed by atoms with Gasteiger partial charge in [-0.15, -0.1) is 0 Å². The molecule has 0 fully saturated rings. The lowest BCUT2D eigenvalue weighted by molar-refractivity contribution is -0.132. The van der Waals surface area contributed by atoms with Gasteiger partial charge in [0.2, 0.25) is 0 Å².